The number of nitrogens with zero attached hydrogens (tertiary/aromatic N) is 1. The van der Waals surface area contributed by atoms with E-state index in [4.69, 9.17) is 9.47 Å². The Morgan fingerprint density at radius 2 is 1.96 bits per heavy atom. The Balaban J connectivity index is 1.62. The van der Waals surface area contributed by atoms with Crippen LogP contribution in [0.25, 0.3) is 22.0 Å². The first-order valence-corrected chi connectivity index (χ1v) is 9.30. The highest BCUT2D eigenvalue weighted by atomic mass is 16.5. The van der Waals surface area contributed by atoms with Gasteiger partial charge < -0.3 is 19.1 Å². The maximum atomic E-state index is 11.9. The third-order valence-electron chi connectivity index (χ3n) is 5.16. The predicted molar refractivity (Wildman–Crippen MR) is 104 cm³/mol. The fraction of sp³-hybridized carbons (Fsp3) is 0.318. The zero-order valence-electron chi connectivity index (χ0n) is 15.4. The van der Waals surface area contributed by atoms with E-state index in [9.17, 15) is 9.90 Å². The van der Waals surface area contributed by atoms with Crippen molar-refractivity contribution in [1.82, 2.24) is 4.57 Å². The molecule has 1 N–H and O–H groups in total. The van der Waals surface area contributed by atoms with Crippen molar-refractivity contribution in [3.63, 3.8) is 0 Å². The maximum Gasteiger partial charge on any atom is 0.353 e. The molecule has 1 fully saturated rings. The summed E-state index contributed by atoms with van der Waals surface area (Å²) in [6.07, 6.45) is 3.51. The topological polar surface area (TPSA) is 60.7 Å². The maximum absolute atomic E-state index is 11.9. The first-order valence-electron chi connectivity index (χ1n) is 9.30. The lowest BCUT2D eigenvalue weighted by molar-refractivity contribution is -0.0110. The van der Waals surface area contributed by atoms with Gasteiger partial charge in [-0.3, -0.25) is 0 Å². The summed E-state index contributed by atoms with van der Waals surface area (Å²) < 4.78 is 13.3. The SMILES string of the molecule is Cn1c(C(=O)O)c(-c2ccc(OCC3CCCCO3)cc2)c2ccccc21. The van der Waals surface area contributed by atoms with E-state index in [1.807, 2.05) is 48.5 Å². The van der Waals surface area contributed by atoms with Crippen LogP contribution in [0.5, 0.6) is 5.75 Å². The summed E-state index contributed by atoms with van der Waals surface area (Å²) in [5.74, 6) is -0.163. The molecule has 0 radical (unpaired) electrons. The number of carbonyl (C=O) groups is 1. The molecule has 1 aromatic heterocycles. The molecule has 1 unspecified atom stereocenters. The highest BCUT2D eigenvalue weighted by molar-refractivity contribution is 6.08. The standard InChI is InChI=1S/C22H23NO4/c1-23-19-8-3-2-7-18(19)20(21(23)22(24)25)15-9-11-16(12-10-15)27-14-17-6-4-5-13-26-17/h2-3,7-12,17H,4-6,13-14H2,1H3,(H,24,25). The zero-order valence-corrected chi connectivity index (χ0v) is 15.4. The van der Waals surface area contributed by atoms with Gasteiger partial charge in [-0.2, -0.15) is 0 Å². The lowest BCUT2D eigenvalue weighted by Gasteiger charge is -2.22. The molecule has 1 saturated heterocycles. The van der Waals surface area contributed by atoms with Gasteiger partial charge in [-0.15, -0.1) is 0 Å². The van der Waals surface area contributed by atoms with E-state index in [2.05, 4.69) is 0 Å². The Hall–Kier alpha value is -2.79. The molecule has 1 aliphatic heterocycles. The normalized spacial score (nSPS) is 17.1. The minimum Gasteiger partial charge on any atom is -0.491 e. The van der Waals surface area contributed by atoms with Crippen molar-refractivity contribution < 1.29 is 19.4 Å². The van der Waals surface area contributed by atoms with Gasteiger partial charge in [-0.1, -0.05) is 30.3 Å². The van der Waals surface area contributed by atoms with Crippen molar-refractivity contribution in [2.24, 2.45) is 7.05 Å². The van der Waals surface area contributed by atoms with Gasteiger partial charge in [0.05, 0.1) is 6.10 Å². The summed E-state index contributed by atoms with van der Waals surface area (Å²) >= 11 is 0. The monoisotopic (exact) mass is 365 g/mol. The summed E-state index contributed by atoms with van der Waals surface area (Å²) in [6.45, 7) is 1.36. The predicted octanol–water partition coefficient (Wildman–Crippen LogP) is 4.49. The zero-order chi connectivity index (χ0) is 18.8. The van der Waals surface area contributed by atoms with Crippen molar-refractivity contribution in [2.45, 2.75) is 25.4 Å². The van der Waals surface area contributed by atoms with E-state index in [0.29, 0.717) is 12.3 Å². The third-order valence-corrected chi connectivity index (χ3v) is 5.16. The van der Waals surface area contributed by atoms with Crippen LogP contribution in [0.2, 0.25) is 0 Å². The first-order chi connectivity index (χ1) is 13.1. The number of carboxylic acid groups (broad SMARTS) is 1. The Kier molecular flexibility index (Phi) is 4.86. The number of aryl methyl sites for hydroxylation is 1. The summed E-state index contributed by atoms with van der Waals surface area (Å²) in [5.41, 5.74) is 2.80. The quantitative estimate of drug-likeness (QED) is 0.724. The van der Waals surface area contributed by atoms with E-state index in [-0.39, 0.29) is 6.10 Å². The molecular formula is C22H23NO4. The fourth-order valence-electron chi connectivity index (χ4n) is 3.78. The summed E-state index contributed by atoms with van der Waals surface area (Å²) in [7, 11) is 1.79. The summed E-state index contributed by atoms with van der Waals surface area (Å²) in [5, 5.41) is 10.7. The van der Waals surface area contributed by atoms with E-state index < -0.39 is 5.97 Å². The fourth-order valence-corrected chi connectivity index (χ4v) is 3.78. The van der Waals surface area contributed by atoms with E-state index in [1.165, 1.54) is 6.42 Å². The molecule has 3 aromatic rings. The number of carboxylic acids is 1. The number of hydrogen-bond donors (Lipinski definition) is 1. The van der Waals surface area contributed by atoms with Gasteiger partial charge in [0.1, 0.15) is 18.1 Å². The molecule has 5 nitrogen and oxygen atoms in total. The molecule has 1 atom stereocenters. The molecule has 0 amide bonds. The highest BCUT2D eigenvalue weighted by Gasteiger charge is 2.21. The molecule has 0 aliphatic carbocycles. The second-order valence-electron chi connectivity index (χ2n) is 6.93. The lowest BCUT2D eigenvalue weighted by Crippen LogP contribution is -2.25. The molecule has 5 heteroatoms. The molecule has 0 saturated carbocycles. The number of rotatable bonds is 5. The minimum absolute atomic E-state index is 0.162. The minimum atomic E-state index is -0.932. The van der Waals surface area contributed by atoms with Crippen LogP contribution < -0.4 is 4.74 Å². The van der Waals surface area contributed by atoms with E-state index >= 15 is 0 Å². The number of ether oxygens (including phenoxy) is 2. The van der Waals surface area contributed by atoms with Crippen molar-refractivity contribution >= 4 is 16.9 Å². The number of hydrogen-bond acceptors (Lipinski definition) is 3. The molecule has 27 heavy (non-hydrogen) atoms. The largest absolute Gasteiger partial charge is 0.491 e. The van der Waals surface area contributed by atoms with Gasteiger partial charge >= 0.3 is 5.97 Å². The van der Waals surface area contributed by atoms with Crippen LogP contribution in [-0.4, -0.2) is 35.0 Å². The summed E-state index contributed by atoms with van der Waals surface area (Å²) in [4.78, 5) is 11.9. The molecule has 2 aromatic carbocycles. The van der Waals surface area contributed by atoms with Gasteiger partial charge in [-0.25, -0.2) is 4.79 Å². The Bertz CT molecular complexity index is 952. The number of para-hydroxylation sites is 1. The first kappa shape index (κ1) is 17.6. The Morgan fingerprint density at radius 3 is 2.67 bits per heavy atom. The number of fused-ring (bicyclic) bond motifs is 1. The highest BCUT2D eigenvalue weighted by Crippen LogP contribution is 2.35. The van der Waals surface area contributed by atoms with Crippen LogP contribution >= 0.6 is 0 Å². The van der Waals surface area contributed by atoms with Gasteiger partial charge in [0.2, 0.25) is 0 Å². The van der Waals surface area contributed by atoms with Crippen LogP contribution in [0.1, 0.15) is 29.8 Å². The van der Waals surface area contributed by atoms with Gasteiger partial charge in [0.25, 0.3) is 0 Å². The molecular weight excluding hydrogens is 342 g/mol. The van der Waals surface area contributed by atoms with Crippen LogP contribution in [0.3, 0.4) is 0 Å². The Labute approximate surface area is 158 Å². The average Bonchev–Trinajstić information content (AvgIpc) is 3.01. The van der Waals surface area contributed by atoms with Gasteiger partial charge in [0, 0.05) is 30.1 Å². The van der Waals surface area contributed by atoms with E-state index in [0.717, 1.165) is 47.2 Å². The molecule has 0 spiro atoms. The Morgan fingerprint density at radius 1 is 1.19 bits per heavy atom. The lowest BCUT2D eigenvalue weighted by atomic mass is 10.0. The number of aromatic carboxylic acids is 1. The molecule has 4 rings (SSSR count). The van der Waals surface area contributed by atoms with Crippen molar-refractivity contribution in [3.05, 3.63) is 54.2 Å². The van der Waals surface area contributed by atoms with Crippen molar-refractivity contribution in [2.75, 3.05) is 13.2 Å². The van der Waals surface area contributed by atoms with Crippen LogP contribution in [0.4, 0.5) is 0 Å². The van der Waals surface area contributed by atoms with Crippen LogP contribution in [0, 0.1) is 0 Å². The summed E-state index contributed by atoms with van der Waals surface area (Å²) in [6, 6.07) is 15.4. The van der Waals surface area contributed by atoms with E-state index in [1.54, 1.807) is 11.6 Å². The number of aromatic nitrogens is 1. The molecule has 2 heterocycles. The van der Waals surface area contributed by atoms with Crippen LogP contribution in [-0.2, 0) is 11.8 Å². The third kappa shape index (κ3) is 3.43. The van der Waals surface area contributed by atoms with Crippen molar-refractivity contribution in [1.29, 1.82) is 0 Å². The smallest absolute Gasteiger partial charge is 0.353 e. The molecule has 1 aliphatic rings. The van der Waals surface area contributed by atoms with Gasteiger partial charge in [-0.05, 0) is 43.0 Å². The van der Waals surface area contributed by atoms with Gasteiger partial charge in [0.15, 0.2) is 0 Å². The van der Waals surface area contributed by atoms with Crippen molar-refractivity contribution in [3.8, 4) is 16.9 Å². The molecule has 0 bridgehead atoms. The second kappa shape index (κ2) is 7.45. The number of benzene rings is 2. The molecule has 140 valence electrons. The van der Waals surface area contributed by atoms with Crippen LogP contribution in [0.15, 0.2) is 48.5 Å². The second-order valence-corrected chi connectivity index (χ2v) is 6.93. The average molecular weight is 365 g/mol.